The molecule has 2 aromatic rings. The van der Waals surface area contributed by atoms with E-state index in [4.69, 9.17) is 27.9 Å². The lowest BCUT2D eigenvalue weighted by Crippen LogP contribution is -2.13. The van der Waals surface area contributed by atoms with Crippen LogP contribution < -0.4 is 15.4 Å². The van der Waals surface area contributed by atoms with Crippen molar-refractivity contribution in [1.82, 2.24) is 4.98 Å². The van der Waals surface area contributed by atoms with E-state index in [1.54, 1.807) is 25.2 Å². The van der Waals surface area contributed by atoms with E-state index in [9.17, 15) is 4.79 Å². The Bertz CT molecular complexity index is 677. The molecule has 0 aliphatic heterocycles. The molecule has 0 aliphatic carbocycles. The maximum Gasteiger partial charge on any atom is 0.257 e. The first-order chi connectivity index (χ1) is 10.0. The van der Waals surface area contributed by atoms with Crippen molar-refractivity contribution < 1.29 is 9.53 Å². The van der Waals surface area contributed by atoms with Gasteiger partial charge in [-0.05, 0) is 18.2 Å². The lowest BCUT2D eigenvalue weighted by atomic mass is 10.2. The molecule has 5 nitrogen and oxygen atoms in total. The number of pyridine rings is 1. The molecule has 0 saturated carbocycles. The summed E-state index contributed by atoms with van der Waals surface area (Å²) in [5.41, 5.74) is 0.785. The summed E-state index contributed by atoms with van der Waals surface area (Å²) in [6.45, 7) is 0. The van der Waals surface area contributed by atoms with E-state index in [1.807, 2.05) is 0 Å². The molecule has 1 heterocycles. The van der Waals surface area contributed by atoms with E-state index in [0.717, 1.165) is 0 Å². The molecule has 0 bridgehead atoms. The molecule has 1 aromatic heterocycles. The predicted molar refractivity (Wildman–Crippen MR) is 84.8 cm³/mol. The molecular formula is C14H13Cl2N3O2. The van der Waals surface area contributed by atoms with E-state index in [0.29, 0.717) is 32.9 Å². The first-order valence-electron chi connectivity index (χ1n) is 6.03. The zero-order valence-electron chi connectivity index (χ0n) is 11.4. The van der Waals surface area contributed by atoms with Crippen LogP contribution in [0.4, 0.5) is 11.5 Å². The van der Waals surface area contributed by atoms with Gasteiger partial charge in [-0.3, -0.25) is 4.79 Å². The van der Waals surface area contributed by atoms with Gasteiger partial charge >= 0.3 is 0 Å². The number of rotatable bonds is 4. The van der Waals surface area contributed by atoms with Gasteiger partial charge < -0.3 is 15.4 Å². The molecule has 1 aromatic carbocycles. The van der Waals surface area contributed by atoms with Crippen molar-refractivity contribution in [2.24, 2.45) is 0 Å². The van der Waals surface area contributed by atoms with Crippen LogP contribution in [-0.2, 0) is 0 Å². The molecule has 0 atom stereocenters. The molecule has 7 heteroatoms. The number of carbonyl (C=O) groups is 1. The standard InChI is InChI=1S/C14H13Cl2N3O2/c1-17-13-11(16)5-8(7-18-13)14(20)19-12-6-9(21-2)3-4-10(12)15/h3-7H,1-2H3,(H,17,18)(H,19,20). The second-order valence-electron chi connectivity index (χ2n) is 4.10. The Morgan fingerprint density at radius 2 is 2.00 bits per heavy atom. The van der Waals surface area contributed by atoms with Gasteiger partial charge in [-0.2, -0.15) is 0 Å². The van der Waals surface area contributed by atoms with Gasteiger partial charge in [-0.25, -0.2) is 4.98 Å². The summed E-state index contributed by atoms with van der Waals surface area (Å²) in [4.78, 5) is 16.2. The largest absolute Gasteiger partial charge is 0.497 e. The van der Waals surface area contributed by atoms with Crippen molar-refractivity contribution in [2.75, 3.05) is 24.8 Å². The quantitative estimate of drug-likeness (QED) is 0.899. The number of benzene rings is 1. The van der Waals surface area contributed by atoms with Crippen molar-refractivity contribution in [3.8, 4) is 5.75 Å². The van der Waals surface area contributed by atoms with Gasteiger partial charge in [-0.1, -0.05) is 23.2 Å². The summed E-state index contributed by atoms with van der Waals surface area (Å²) in [6.07, 6.45) is 1.43. The van der Waals surface area contributed by atoms with Crippen LogP contribution >= 0.6 is 23.2 Å². The van der Waals surface area contributed by atoms with Gasteiger partial charge in [0.1, 0.15) is 11.6 Å². The Morgan fingerprint density at radius 3 is 2.62 bits per heavy atom. The van der Waals surface area contributed by atoms with Gasteiger partial charge in [0, 0.05) is 19.3 Å². The molecule has 21 heavy (non-hydrogen) atoms. The number of nitrogens with one attached hydrogen (secondary N) is 2. The molecule has 0 radical (unpaired) electrons. The topological polar surface area (TPSA) is 63.2 Å². The van der Waals surface area contributed by atoms with Crippen LogP contribution in [0.1, 0.15) is 10.4 Å². The highest BCUT2D eigenvalue weighted by molar-refractivity contribution is 6.34. The number of aromatic nitrogens is 1. The van der Waals surface area contributed by atoms with Crippen LogP contribution in [0.15, 0.2) is 30.5 Å². The average Bonchev–Trinajstić information content (AvgIpc) is 2.49. The van der Waals surface area contributed by atoms with Gasteiger partial charge in [0.15, 0.2) is 0 Å². The second-order valence-corrected chi connectivity index (χ2v) is 4.92. The Balaban J connectivity index is 2.23. The van der Waals surface area contributed by atoms with Gasteiger partial charge in [0.2, 0.25) is 0 Å². The van der Waals surface area contributed by atoms with Crippen LogP contribution in [0.2, 0.25) is 10.0 Å². The normalized spacial score (nSPS) is 10.1. The molecule has 2 rings (SSSR count). The van der Waals surface area contributed by atoms with Crippen LogP contribution in [0.5, 0.6) is 5.75 Å². The number of hydrogen-bond donors (Lipinski definition) is 2. The number of amides is 1. The monoisotopic (exact) mass is 325 g/mol. The number of nitrogens with zero attached hydrogens (tertiary/aromatic N) is 1. The maximum atomic E-state index is 12.2. The first kappa shape index (κ1) is 15.4. The maximum absolute atomic E-state index is 12.2. The molecule has 0 fully saturated rings. The molecule has 2 N–H and O–H groups in total. The van der Waals surface area contributed by atoms with Gasteiger partial charge in [0.05, 0.1) is 28.4 Å². The SMILES string of the molecule is CNc1ncc(C(=O)Nc2cc(OC)ccc2Cl)cc1Cl. The lowest BCUT2D eigenvalue weighted by Gasteiger charge is -2.10. The summed E-state index contributed by atoms with van der Waals surface area (Å²) in [5.74, 6) is 0.742. The van der Waals surface area contributed by atoms with Crippen molar-refractivity contribution in [3.05, 3.63) is 46.1 Å². The van der Waals surface area contributed by atoms with Crippen LogP contribution in [0.25, 0.3) is 0 Å². The summed E-state index contributed by atoms with van der Waals surface area (Å²) in [5, 5.41) is 6.29. The number of anilines is 2. The van der Waals surface area contributed by atoms with Crippen molar-refractivity contribution in [2.45, 2.75) is 0 Å². The molecule has 0 spiro atoms. The number of ether oxygens (including phenoxy) is 1. The summed E-state index contributed by atoms with van der Waals surface area (Å²) in [7, 11) is 3.24. The minimum atomic E-state index is -0.359. The van der Waals surface area contributed by atoms with Crippen molar-refractivity contribution in [3.63, 3.8) is 0 Å². The fourth-order valence-corrected chi connectivity index (χ4v) is 2.09. The van der Waals surface area contributed by atoms with E-state index in [1.165, 1.54) is 19.4 Å². The van der Waals surface area contributed by atoms with E-state index in [-0.39, 0.29) is 5.91 Å². The molecular weight excluding hydrogens is 313 g/mol. The minimum Gasteiger partial charge on any atom is -0.497 e. The van der Waals surface area contributed by atoms with E-state index >= 15 is 0 Å². The van der Waals surface area contributed by atoms with Crippen molar-refractivity contribution >= 4 is 40.6 Å². The third kappa shape index (κ3) is 3.56. The lowest BCUT2D eigenvalue weighted by molar-refractivity contribution is 0.102. The van der Waals surface area contributed by atoms with Crippen molar-refractivity contribution in [1.29, 1.82) is 0 Å². The fourth-order valence-electron chi connectivity index (χ4n) is 1.67. The van der Waals surface area contributed by atoms with E-state index in [2.05, 4.69) is 15.6 Å². The Hall–Kier alpha value is -1.98. The first-order valence-corrected chi connectivity index (χ1v) is 6.79. The van der Waals surface area contributed by atoms with Gasteiger partial charge in [-0.15, -0.1) is 0 Å². The average molecular weight is 326 g/mol. The smallest absolute Gasteiger partial charge is 0.257 e. The minimum absolute atomic E-state index is 0.331. The highest BCUT2D eigenvalue weighted by Crippen LogP contribution is 2.27. The number of methoxy groups -OCH3 is 1. The molecule has 110 valence electrons. The van der Waals surface area contributed by atoms with Crippen LogP contribution in [0, 0.1) is 0 Å². The molecule has 0 aliphatic rings. The number of carbonyl (C=O) groups excluding carboxylic acids is 1. The zero-order valence-corrected chi connectivity index (χ0v) is 12.9. The third-order valence-electron chi connectivity index (χ3n) is 2.76. The fraction of sp³-hybridized carbons (Fsp3) is 0.143. The summed E-state index contributed by atoms with van der Waals surface area (Å²) < 4.78 is 5.09. The second kappa shape index (κ2) is 6.65. The zero-order chi connectivity index (χ0) is 15.4. The summed E-state index contributed by atoms with van der Waals surface area (Å²) in [6, 6.07) is 6.52. The predicted octanol–water partition coefficient (Wildman–Crippen LogP) is 3.69. The Labute approximate surface area is 132 Å². The van der Waals surface area contributed by atoms with Gasteiger partial charge in [0.25, 0.3) is 5.91 Å². The molecule has 0 unspecified atom stereocenters. The van der Waals surface area contributed by atoms with Crippen LogP contribution in [0.3, 0.4) is 0 Å². The van der Waals surface area contributed by atoms with Crippen LogP contribution in [-0.4, -0.2) is 25.0 Å². The highest BCUT2D eigenvalue weighted by atomic mass is 35.5. The number of halogens is 2. The number of hydrogen-bond acceptors (Lipinski definition) is 4. The summed E-state index contributed by atoms with van der Waals surface area (Å²) >= 11 is 12.0. The van der Waals surface area contributed by atoms with E-state index < -0.39 is 0 Å². The molecule has 0 saturated heterocycles. The highest BCUT2D eigenvalue weighted by Gasteiger charge is 2.12. The Kier molecular flexibility index (Phi) is 4.88. The molecule has 1 amide bonds. The third-order valence-corrected chi connectivity index (χ3v) is 3.38. The Morgan fingerprint density at radius 1 is 1.24 bits per heavy atom.